The minimum absolute atomic E-state index is 0.0745. The molecule has 3 aromatic rings. The van der Waals surface area contributed by atoms with Crippen molar-refractivity contribution < 1.29 is 33.4 Å². The lowest BCUT2D eigenvalue weighted by Crippen LogP contribution is -2.57. The second kappa shape index (κ2) is 15.9. The number of nitrogens with one attached hydrogen (secondary N) is 4. The highest BCUT2D eigenvalue weighted by molar-refractivity contribution is 7.98. The zero-order chi connectivity index (χ0) is 38.0. The Balaban J connectivity index is 1.21. The third kappa shape index (κ3) is 8.15. The molecule has 15 heteroatoms. The van der Waals surface area contributed by atoms with Crippen LogP contribution in [0.15, 0.2) is 42.6 Å². The Bertz CT molecular complexity index is 1920. The number of carbonyl (C=O) groups is 4. The number of rotatable bonds is 10. The second-order valence-corrected chi connectivity index (χ2v) is 16.1. The molecule has 4 amide bonds. The molecule has 2 aromatic heterocycles. The van der Waals surface area contributed by atoms with Crippen molar-refractivity contribution in [1.82, 2.24) is 35.4 Å². The maximum Gasteiger partial charge on any atom is 0.272 e. The lowest BCUT2D eigenvalue weighted by molar-refractivity contribution is -0.141. The van der Waals surface area contributed by atoms with Crippen LogP contribution in [0, 0.1) is 12.8 Å². The van der Waals surface area contributed by atoms with Gasteiger partial charge < -0.3 is 29.7 Å². The summed E-state index contributed by atoms with van der Waals surface area (Å²) < 4.78 is 21.3. The minimum atomic E-state index is -1.11. The number of ether oxygens (including phenoxy) is 3. The molecule has 1 aromatic carbocycles. The van der Waals surface area contributed by atoms with Gasteiger partial charge in [-0.05, 0) is 89.4 Å². The predicted molar refractivity (Wildman–Crippen MR) is 203 cm³/mol. The van der Waals surface area contributed by atoms with Gasteiger partial charge in [-0.25, -0.2) is 4.98 Å². The van der Waals surface area contributed by atoms with Gasteiger partial charge in [-0.2, -0.15) is 5.10 Å². The molecule has 7 rings (SSSR count). The van der Waals surface area contributed by atoms with Crippen LogP contribution in [0.2, 0.25) is 0 Å². The van der Waals surface area contributed by atoms with Crippen molar-refractivity contribution in [2.24, 2.45) is 5.92 Å². The SMILES string of the molecule is COc1ccc2c(O[C@@H]3C[C@H]4C(=O)N[C@]5(C(=O)NSC6CC6)C[C@H]5/C=C\CCCCC[C@H](NC(=O)c5cc[nH]n5)C(=O)N4C3)cc(OC(C)C)nc2c1C. The Labute approximate surface area is 319 Å². The average Bonchev–Trinajstić information content (AvgIpc) is 3.97. The third-order valence-corrected chi connectivity index (χ3v) is 11.6. The van der Waals surface area contributed by atoms with E-state index in [1.54, 1.807) is 25.4 Å². The summed E-state index contributed by atoms with van der Waals surface area (Å²) in [5.41, 5.74) is 0.510. The monoisotopic (exact) mass is 759 g/mol. The minimum Gasteiger partial charge on any atom is -0.496 e. The van der Waals surface area contributed by atoms with Crippen LogP contribution >= 0.6 is 11.9 Å². The van der Waals surface area contributed by atoms with Gasteiger partial charge in [0.25, 0.3) is 11.8 Å². The summed E-state index contributed by atoms with van der Waals surface area (Å²) >= 11 is 1.41. The number of aryl methyl sites for hydroxylation is 1. The summed E-state index contributed by atoms with van der Waals surface area (Å²) in [5, 5.41) is 13.8. The number of fused-ring (bicyclic) bond motifs is 3. The van der Waals surface area contributed by atoms with Crippen LogP contribution in [0.1, 0.15) is 87.7 Å². The van der Waals surface area contributed by atoms with Gasteiger partial charge in [0, 0.05) is 40.8 Å². The molecule has 4 aliphatic rings. The normalized spacial score (nSPS) is 26.5. The van der Waals surface area contributed by atoms with E-state index < -0.39 is 41.4 Å². The zero-order valence-corrected chi connectivity index (χ0v) is 32.0. The molecule has 5 atom stereocenters. The first kappa shape index (κ1) is 37.5. The Morgan fingerprint density at radius 3 is 2.67 bits per heavy atom. The van der Waals surface area contributed by atoms with Crippen molar-refractivity contribution in [1.29, 1.82) is 0 Å². The molecule has 0 unspecified atom stereocenters. The molecule has 288 valence electrons. The van der Waals surface area contributed by atoms with Gasteiger partial charge in [-0.3, -0.25) is 29.0 Å². The number of methoxy groups -OCH3 is 1. The van der Waals surface area contributed by atoms with E-state index in [1.807, 2.05) is 39.0 Å². The van der Waals surface area contributed by atoms with Gasteiger partial charge in [-0.15, -0.1) is 0 Å². The Hall–Kier alpha value is -4.79. The quantitative estimate of drug-likeness (QED) is 0.170. The summed E-state index contributed by atoms with van der Waals surface area (Å²) in [6.45, 7) is 5.82. The van der Waals surface area contributed by atoms with Gasteiger partial charge in [0.05, 0.1) is 25.3 Å². The van der Waals surface area contributed by atoms with Gasteiger partial charge in [-0.1, -0.05) is 25.0 Å². The van der Waals surface area contributed by atoms with E-state index in [0.717, 1.165) is 43.1 Å². The van der Waals surface area contributed by atoms with Crippen LogP contribution in [-0.2, 0) is 14.4 Å². The number of allylic oxidation sites excluding steroid dienone is 1. The van der Waals surface area contributed by atoms with E-state index in [-0.39, 0.29) is 36.6 Å². The first-order valence-electron chi connectivity index (χ1n) is 18.9. The van der Waals surface area contributed by atoms with Gasteiger partial charge in [0.1, 0.15) is 40.9 Å². The molecule has 0 spiro atoms. The van der Waals surface area contributed by atoms with Crippen molar-refractivity contribution in [2.45, 2.75) is 114 Å². The van der Waals surface area contributed by atoms with Crippen LogP contribution in [0.3, 0.4) is 0 Å². The van der Waals surface area contributed by atoms with Gasteiger partial charge in [0.2, 0.25) is 17.7 Å². The summed E-state index contributed by atoms with van der Waals surface area (Å²) in [6, 6.07) is 5.12. The number of hydrogen-bond donors (Lipinski definition) is 4. The average molecular weight is 760 g/mol. The van der Waals surface area contributed by atoms with Gasteiger partial charge >= 0.3 is 0 Å². The number of amides is 4. The van der Waals surface area contributed by atoms with E-state index in [0.29, 0.717) is 47.4 Å². The maximum atomic E-state index is 14.6. The molecule has 0 radical (unpaired) electrons. The first-order valence-corrected chi connectivity index (χ1v) is 19.8. The third-order valence-electron chi connectivity index (χ3n) is 10.5. The zero-order valence-electron chi connectivity index (χ0n) is 31.2. The van der Waals surface area contributed by atoms with Crippen molar-refractivity contribution in [3.63, 3.8) is 0 Å². The number of pyridine rings is 1. The highest BCUT2D eigenvalue weighted by atomic mass is 32.2. The van der Waals surface area contributed by atoms with Crippen LogP contribution in [-0.4, -0.2) is 92.4 Å². The molecule has 3 fully saturated rings. The lowest BCUT2D eigenvalue weighted by Gasteiger charge is -2.29. The van der Waals surface area contributed by atoms with Crippen molar-refractivity contribution >= 4 is 46.5 Å². The second-order valence-electron chi connectivity index (χ2n) is 15.0. The largest absolute Gasteiger partial charge is 0.496 e. The van der Waals surface area contributed by atoms with Crippen molar-refractivity contribution in [2.75, 3.05) is 13.7 Å². The summed E-state index contributed by atoms with van der Waals surface area (Å²) in [6.07, 6.45) is 11.2. The number of benzene rings is 1. The number of H-pyrrole nitrogens is 1. The number of carbonyl (C=O) groups excluding carboxylic acids is 4. The molecule has 1 saturated heterocycles. The lowest BCUT2D eigenvalue weighted by atomic mass is 10.0. The molecule has 4 N–H and O–H groups in total. The molecule has 2 aliphatic heterocycles. The Morgan fingerprint density at radius 1 is 1.09 bits per heavy atom. The maximum absolute atomic E-state index is 14.6. The first-order chi connectivity index (χ1) is 26.1. The smallest absolute Gasteiger partial charge is 0.272 e. The van der Waals surface area contributed by atoms with E-state index in [9.17, 15) is 19.2 Å². The van der Waals surface area contributed by atoms with Gasteiger partial charge in [0.15, 0.2) is 0 Å². The van der Waals surface area contributed by atoms with E-state index in [4.69, 9.17) is 19.2 Å². The summed E-state index contributed by atoms with van der Waals surface area (Å²) in [7, 11) is 1.60. The van der Waals surface area contributed by atoms with Crippen LogP contribution in [0.5, 0.6) is 17.4 Å². The molecular weight excluding hydrogens is 711 g/mol. The fourth-order valence-corrected chi connectivity index (χ4v) is 8.18. The fourth-order valence-electron chi connectivity index (χ4n) is 7.36. The van der Waals surface area contributed by atoms with Crippen LogP contribution < -0.4 is 29.6 Å². The molecule has 4 heterocycles. The Kier molecular flexibility index (Phi) is 11.0. The van der Waals surface area contributed by atoms with Crippen LogP contribution in [0.25, 0.3) is 10.9 Å². The highest BCUT2D eigenvalue weighted by Gasteiger charge is 2.61. The summed E-state index contributed by atoms with van der Waals surface area (Å²) in [4.78, 5) is 62.3. The topological polar surface area (TPSA) is 177 Å². The van der Waals surface area contributed by atoms with E-state index in [1.165, 1.54) is 16.8 Å². The molecular formula is C39H49N7O7S. The number of aromatic nitrogens is 3. The molecule has 14 nitrogen and oxygen atoms in total. The van der Waals surface area contributed by atoms with E-state index >= 15 is 0 Å². The fraction of sp³-hybridized carbons (Fsp3) is 0.538. The molecule has 2 saturated carbocycles. The van der Waals surface area contributed by atoms with E-state index in [2.05, 4.69) is 31.6 Å². The summed E-state index contributed by atoms with van der Waals surface area (Å²) in [5.74, 6) is -0.173. The standard InChI is InChI=1S/C39H49N7O7S/c1-22(2)52-33-19-32(27-14-15-31(51-4)23(3)34(27)42-33)53-25-18-30-36(48)43-39(38(50)45-54-26-12-13-26)20-24(39)10-8-6-5-7-9-11-29(37(49)46(30)21-25)41-35(47)28-16-17-40-44-28/h8,10,14-17,19,22,24-26,29-30H,5-7,9,11-13,18,20-21H2,1-4H3,(H,40,44)(H,41,47)(H,43,48)(H,45,50)/b10-8-/t24-,25-,29+,30+,39-/m1/s1. The predicted octanol–water partition coefficient (Wildman–Crippen LogP) is 4.53. The van der Waals surface area contributed by atoms with Crippen LogP contribution in [0.4, 0.5) is 0 Å². The number of hydrogen-bond acceptors (Lipinski definition) is 10. The number of aromatic amines is 1. The molecule has 0 bridgehead atoms. The Morgan fingerprint density at radius 2 is 1.93 bits per heavy atom. The number of nitrogens with zero attached hydrogens (tertiary/aromatic N) is 3. The van der Waals surface area contributed by atoms with Crippen molar-refractivity contribution in [3.8, 4) is 17.4 Å². The molecule has 2 aliphatic carbocycles. The highest BCUT2D eigenvalue weighted by Crippen LogP contribution is 2.46. The van der Waals surface area contributed by atoms with Crippen molar-refractivity contribution in [3.05, 3.63) is 53.9 Å². The molecule has 54 heavy (non-hydrogen) atoms.